The number of nitrogens with zero attached hydrogens (tertiary/aromatic N) is 1. The van der Waals surface area contributed by atoms with Crippen molar-refractivity contribution in [1.82, 2.24) is 4.40 Å². The van der Waals surface area contributed by atoms with Crippen molar-refractivity contribution < 1.29 is 9.53 Å². The van der Waals surface area contributed by atoms with E-state index in [1.165, 1.54) is 6.92 Å². The van der Waals surface area contributed by atoms with Crippen molar-refractivity contribution in [3.63, 3.8) is 0 Å². The van der Waals surface area contributed by atoms with Crippen LogP contribution in [0.1, 0.15) is 12.5 Å². The first-order valence-corrected chi connectivity index (χ1v) is 6.52. The molecule has 3 rings (SSSR count). The maximum Gasteiger partial charge on any atom is 0.308 e. The molecule has 0 bridgehead atoms. The van der Waals surface area contributed by atoms with Crippen LogP contribution in [0.5, 0.6) is 5.75 Å². The lowest BCUT2D eigenvalue weighted by molar-refractivity contribution is -0.131. The molecule has 20 heavy (non-hydrogen) atoms. The van der Waals surface area contributed by atoms with Crippen LogP contribution in [-0.4, -0.2) is 10.4 Å². The molecule has 0 N–H and O–H groups in total. The van der Waals surface area contributed by atoms with Crippen molar-refractivity contribution in [3.05, 3.63) is 60.3 Å². The molecule has 0 unspecified atom stereocenters. The summed E-state index contributed by atoms with van der Waals surface area (Å²) in [5.74, 6) is 0.334. The van der Waals surface area contributed by atoms with Gasteiger partial charge in [-0.1, -0.05) is 36.4 Å². The Morgan fingerprint density at radius 1 is 1.05 bits per heavy atom. The van der Waals surface area contributed by atoms with Crippen LogP contribution in [-0.2, 0) is 4.79 Å². The monoisotopic (exact) mass is 265 g/mol. The average Bonchev–Trinajstić information content (AvgIpc) is 2.72. The second kappa shape index (κ2) is 4.85. The number of esters is 1. The zero-order chi connectivity index (χ0) is 14.1. The first-order valence-electron chi connectivity index (χ1n) is 6.52. The van der Waals surface area contributed by atoms with Gasteiger partial charge >= 0.3 is 5.97 Å². The van der Waals surface area contributed by atoms with Crippen LogP contribution in [0.15, 0.2) is 54.7 Å². The van der Waals surface area contributed by atoms with E-state index in [0.717, 1.165) is 22.3 Å². The van der Waals surface area contributed by atoms with Crippen molar-refractivity contribution in [3.8, 4) is 17.0 Å². The lowest BCUT2D eigenvalue weighted by atomic mass is 10.1. The second-order valence-electron chi connectivity index (χ2n) is 4.72. The normalized spacial score (nSPS) is 10.7. The molecule has 0 fully saturated rings. The van der Waals surface area contributed by atoms with Crippen LogP contribution < -0.4 is 4.74 Å². The Kier molecular flexibility index (Phi) is 3.03. The van der Waals surface area contributed by atoms with Crippen molar-refractivity contribution in [2.45, 2.75) is 13.8 Å². The van der Waals surface area contributed by atoms with Gasteiger partial charge in [0.2, 0.25) is 0 Å². The number of aromatic nitrogens is 1. The van der Waals surface area contributed by atoms with Crippen molar-refractivity contribution in [2.75, 3.05) is 0 Å². The zero-order valence-electron chi connectivity index (χ0n) is 11.5. The summed E-state index contributed by atoms with van der Waals surface area (Å²) < 4.78 is 7.46. The molecule has 0 amide bonds. The molecule has 0 radical (unpaired) electrons. The molecule has 0 saturated carbocycles. The largest absolute Gasteiger partial charge is 0.424 e. The predicted octanol–water partition coefficient (Wildman–Crippen LogP) is 3.84. The standard InChI is InChI=1S/C17H15NO2/c1-12-16(14-8-4-3-5-9-14)18-11-7-6-10-15(18)17(12)20-13(2)19/h3-11H,1-2H3. The number of carbonyl (C=O) groups is 1. The smallest absolute Gasteiger partial charge is 0.308 e. The summed E-state index contributed by atoms with van der Waals surface area (Å²) in [5.41, 5.74) is 4.03. The number of ether oxygens (including phenoxy) is 1. The highest BCUT2D eigenvalue weighted by molar-refractivity contribution is 5.82. The molecule has 0 aliphatic carbocycles. The summed E-state index contributed by atoms with van der Waals surface area (Å²) in [6.45, 7) is 3.40. The Bertz CT molecular complexity index is 772. The van der Waals surface area contributed by atoms with Gasteiger partial charge in [-0.2, -0.15) is 0 Å². The molecule has 100 valence electrons. The molecule has 0 atom stereocenters. The van der Waals surface area contributed by atoms with E-state index in [0.29, 0.717) is 5.75 Å². The van der Waals surface area contributed by atoms with E-state index < -0.39 is 0 Å². The molecule has 1 aromatic carbocycles. The Hall–Kier alpha value is -2.55. The predicted molar refractivity (Wildman–Crippen MR) is 78.9 cm³/mol. The molecule has 3 nitrogen and oxygen atoms in total. The highest BCUT2D eigenvalue weighted by atomic mass is 16.5. The van der Waals surface area contributed by atoms with E-state index in [9.17, 15) is 4.79 Å². The van der Waals surface area contributed by atoms with Crippen LogP contribution >= 0.6 is 0 Å². The van der Waals surface area contributed by atoms with Crippen molar-refractivity contribution in [2.24, 2.45) is 0 Å². The summed E-state index contributed by atoms with van der Waals surface area (Å²) in [5, 5.41) is 0. The van der Waals surface area contributed by atoms with Crippen LogP contribution in [0.3, 0.4) is 0 Å². The Morgan fingerprint density at radius 3 is 2.45 bits per heavy atom. The molecule has 3 aromatic rings. The maximum absolute atomic E-state index is 11.3. The van der Waals surface area contributed by atoms with Gasteiger partial charge in [-0.15, -0.1) is 0 Å². The second-order valence-corrected chi connectivity index (χ2v) is 4.72. The van der Waals surface area contributed by atoms with Crippen LogP contribution in [0.4, 0.5) is 0 Å². The Balaban J connectivity index is 2.32. The van der Waals surface area contributed by atoms with Gasteiger partial charge in [0.15, 0.2) is 5.75 Å². The number of rotatable bonds is 2. The minimum Gasteiger partial charge on any atom is -0.424 e. The topological polar surface area (TPSA) is 30.7 Å². The van der Waals surface area contributed by atoms with E-state index in [4.69, 9.17) is 4.74 Å². The molecular weight excluding hydrogens is 250 g/mol. The molecule has 3 heteroatoms. The molecular formula is C17H15NO2. The summed E-state index contributed by atoms with van der Waals surface area (Å²) in [6, 6.07) is 16.0. The van der Waals surface area contributed by atoms with Crippen LogP contribution in [0.25, 0.3) is 16.8 Å². The molecule has 0 aliphatic heterocycles. The third-order valence-corrected chi connectivity index (χ3v) is 3.32. The van der Waals surface area contributed by atoms with Gasteiger partial charge < -0.3 is 9.14 Å². The van der Waals surface area contributed by atoms with Gasteiger partial charge in [0.1, 0.15) is 0 Å². The first kappa shape index (κ1) is 12.5. The van der Waals surface area contributed by atoms with Crippen LogP contribution in [0.2, 0.25) is 0 Å². The van der Waals surface area contributed by atoms with E-state index >= 15 is 0 Å². The molecule has 2 heterocycles. The van der Waals surface area contributed by atoms with E-state index in [2.05, 4.69) is 16.5 Å². The molecule has 0 saturated heterocycles. The summed E-state index contributed by atoms with van der Waals surface area (Å²) in [4.78, 5) is 11.3. The van der Waals surface area contributed by atoms with Gasteiger partial charge in [0.05, 0.1) is 11.2 Å². The van der Waals surface area contributed by atoms with E-state index in [1.54, 1.807) is 0 Å². The number of pyridine rings is 1. The fourth-order valence-electron chi connectivity index (χ4n) is 2.53. The molecule has 0 aliphatic rings. The van der Waals surface area contributed by atoms with Crippen molar-refractivity contribution in [1.29, 1.82) is 0 Å². The fraction of sp³-hybridized carbons (Fsp3) is 0.118. The van der Waals surface area contributed by atoms with Gasteiger partial charge in [-0.3, -0.25) is 4.79 Å². The molecule has 2 aromatic heterocycles. The number of fused-ring (bicyclic) bond motifs is 1. The quantitative estimate of drug-likeness (QED) is 0.659. The van der Waals surface area contributed by atoms with E-state index in [1.807, 2.05) is 49.5 Å². The number of carbonyl (C=O) groups excluding carboxylic acids is 1. The summed E-state index contributed by atoms with van der Waals surface area (Å²) in [6.07, 6.45) is 1.98. The van der Waals surface area contributed by atoms with Gasteiger partial charge in [-0.25, -0.2) is 0 Å². The highest BCUT2D eigenvalue weighted by Crippen LogP contribution is 2.36. The summed E-state index contributed by atoms with van der Waals surface area (Å²) >= 11 is 0. The average molecular weight is 265 g/mol. The minimum absolute atomic E-state index is 0.302. The number of hydrogen-bond acceptors (Lipinski definition) is 2. The van der Waals surface area contributed by atoms with Crippen molar-refractivity contribution >= 4 is 11.5 Å². The fourth-order valence-corrected chi connectivity index (χ4v) is 2.53. The highest BCUT2D eigenvalue weighted by Gasteiger charge is 2.18. The lowest BCUT2D eigenvalue weighted by Gasteiger charge is -2.03. The van der Waals surface area contributed by atoms with E-state index in [-0.39, 0.29) is 5.97 Å². The summed E-state index contributed by atoms with van der Waals surface area (Å²) in [7, 11) is 0. The first-order chi connectivity index (χ1) is 9.68. The molecule has 0 spiro atoms. The Labute approximate surface area is 117 Å². The third-order valence-electron chi connectivity index (χ3n) is 3.32. The maximum atomic E-state index is 11.3. The van der Waals surface area contributed by atoms with Crippen LogP contribution in [0, 0.1) is 6.92 Å². The minimum atomic E-state index is -0.302. The third kappa shape index (κ3) is 1.97. The van der Waals surface area contributed by atoms with Gasteiger partial charge in [-0.05, 0) is 24.6 Å². The zero-order valence-corrected chi connectivity index (χ0v) is 11.5. The SMILES string of the molecule is CC(=O)Oc1c(C)c(-c2ccccc2)n2ccccc12. The van der Waals surface area contributed by atoms with Gasteiger partial charge in [0.25, 0.3) is 0 Å². The van der Waals surface area contributed by atoms with Gasteiger partial charge in [0, 0.05) is 18.7 Å². The number of hydrogen-bond donors (Lipinski definition) is 0. The number of benzene rings is 1. The lowest BCUT2D eigenvalue weighted by Crippen LogP contribution is -2.01. The Morgan fingerprint density at radius 2 is 1.75 bits per heavy atom.